The average Bonchev–Trinajstić information content (AvgIpc) is 3.56. The van der Waals surface area contributed by atoms with E-state index in [2.05, 4.69) is 27.2 Å². The second-order valence-corrected chi connectivity index (χ2v) is 11.4. The number of hydrogen-bond acceptors (Lipinski definition) is 6. The first-order chi connectivity index (χ1) is 17.6. The van der Waals surface area contributed by atoms with Crippen molar-refractivity contribution in [1.82, 2.24) is 25.0 Å². The van der Waals surface area contributed by atoms with E-state index in [0.29, 0.717) is 11.6 Å². The van der Waals surface area contributed by atoms with Crippen LogP contribution in [0.15, 0.2) is 42.7 Å². The first kappa shape index (κ1) is 25.0. The number of nitrogens with zero attached hydrogens (tertiary/aromatic N) is 4. The first-order valence-corrected chi connectivity index (χ1v) is 14.3. The number of thiazole rings is 1. The molecule has 2 aliphatic carbocycles. The maximum absolute atomic E-state index is 13.1. The number of carbonyl (C=O) groups is 1. The lowest BCUT2D eigenvalue weighted by Gasteiger charge is -2.36. The Kier molecular flexibility index (Phi) is 8.02. The number of aryl methyl sites for hydroxylation is 1. The molecule has 1 aromatic carbocycles. The smallest absolute Gasteiger partial charge is 0.253 e. The molecule has 0 spiro atoms. The molecule has 8 heteroatoms. The molecule has 7 nitrogen and oxygen atoms in total. The number of nitrogens with one attached hydrogen (secondary N) is 1. The number of aromatic nitrogens is 3. The van der Waals surface area contributed by atoms with Gasteiger partial charge in [0.25, 0.3) is 5.91 Å². The van der Waals surface area contributed by atoms with E-state index in [1.54, 1.807) is 22.2 Å². The summed E-state index contributed by atoms with van der Waals surface area (Å²) in [6.07, 6.45) is 13.9. The summed E-state index contributed by atoms with van der Waals surface area (Å²) in [6.45, 7) is 4.61. The summed E-state index contributed by atoms with van der Waals surface area (Å²) in [4.78, 5) is 21.7. The van der Waals surface area contributed by atoms with Crippen LogP contribution in [0.2, 0.25) is 0 Å². The topological polar surface area (TPSA) is 89.1 Å². The van der Waals surface area contributed by atoms with Gasteiger partial charge < -0.3 is 16.0 Å². The van der Waals surface area contributed by atoms with Gasteiger partial charge in [0.2, 0.25) is 0 Å². The number of benzene rings is 1. The van der Waals surface area contributed by atoms with Crippen LogP contribution in [0.1, 0.15) is 72.8 Å². The molecule has 36 heavy (non-hydrogen) atoms. The zero-order valence-corrected chi connectivity index (χ0v) is 22.1. The molecule has 1 fully saturated rings. The third-order valence-corrected chi connectivity index (χ3v) is 8.81. The molecule has 3 aromatic rings. The number of nitrogen functional groups attached to an aromatic ring is 1. The molecule has 0 saturated heterocycles. The third kappa shape index (κ3) is 5.81. The zero-order chi connectivity index (χ0) is 24.9. The van der Waals surface area contributed by atoms with Crippen molar-refractivity contribution in [2.45, 2.75) is 76.8 Å². The Hall–Kier alpha value is -2.71. The second kappa shape index (κ2) is 11.6. The van der Waals surface area contributed by atoms with Crippen molar-refractivity contribution in [3.63, 3.8) is 0 Å². The van der Waals surface area contributed by atoms with E-state index in [4.69, 9.17) is 5.73 Å². The van der Waals surface area contributed by atoms with Crippen molar-refractivity contribution in [3.05, 3.63) is 58.9 Å². The molecule has 0 radical (unpaired) electrons. The lowest BCUT2D eigenvalue weighted by atomic mass is 9.83. The van der Waals surface area contributed by atoms with E-state index in [1.165, 1.54) is 49.2 Å². The van der Waals surface area contributed by atoms with Crippen molar-refractivity contribution in [3.8, 4) is 5.69 Å². The Morgan fingerprint density at radius 1 is 1.17 bits per heavy atom. The lowest BCUT2D eigenvalue weighted by molar-refractivity contribution is 0.0918. The van der Waals surface area contributed by atoms with E-state index in [0.717, 1.165) is 49.0 Å². The Bertz CT molecular complexity index is 1130. The predicted molar refractivity (Wildman–Crippen MR) is 146 cm³/mol. The highest BCUT2D eigenvalue weighted by molar-refractivity contribution is 7.15. The molecule has 1 unspecified atom stereocenters. The summed E-state index contributed by atoms with van der Waals surface area (Å²) in [5.41, 5.74) is 8.69. The van der Waals surface area contributed by atoms with E-state index >= 15 is 0 Å². The molecule has 2 aromatic heterocycles. The molecule has 1 amide bonds. The van der Waals surface area contributed by atoms with Crippen LogP contribution in [0.3, 0.4) is 0 Å². The summed E-state index contributed by atoms with van der Waals surface area (Å²) < 4.78 is 1.75. The lowest BCUT2D eigenvalue weighted by Crippen LogP contribution is -2.41. The molecular weight excluding hydrogens is 468 g/mol. The van der Waals surface area contributed by atoms with Crippen LogP contribution in [0, 0.1) is 5.92 Å². The highest BCUT2D eigenvalue weighted by Crippen LogP contribution is 2.32. The fourth-order valence-electron chi connectivity index (χ4n) is 5.94. The fraction of sp³-hybridized carbons (Fsp3) is 0.536. The van der Waals surface area contributed by atoms with Crippen molar-refractivity contribution >= 4 is 22.4 Å². The summed E-state index contributed by atoms with van der Waals surface area (Å²) >= 11 is 1.68. The first-order valence-electron chi connectivity index (χ1n) is 13.5. The normalized spacial score (nSPS) is 21.9. The van der Waals surface area contributed by atoms with Crippen LogP contribution >= 0.6 is 11.3 Å². The van der Waals surface area contributed by atoms with E-state index in [1.807, 2.05) is 36.5 Å². The third-order valence-electron chi connectivity index (χ3n) is 7.86. The summed E-state index contributed by atoms with van der Waals surface area (Å²) in [5.74, 6) is 0.742. The molecule has 5 rings (SSSR count). The van der Waals surface area contributed by atoms with Gasteiger partial charge in [0, 0.05) is 29.4 Å². The highest BCUT2D eigenvalue weighted by atomic mass is 32.1. The molecule has 2 aliphatic rings. The Morgan fingerprint density at radius 2 is 2.00 bits per heavy atom. The summed E-state index contributed by atoms with van der Waals surface area (Å²) in [5, 5.41) is 8.32. The highest BCUT2D eigenvalue weighted by Gasteiger charge is 2.28. The number of amides is 1. The van der Waals surface area contributed by atoms with Gasteiger partial charge in [0.05, 0.1) is 16.9 Å². The van der Waals surface area contributed by atoms with Gasteiger partial charge in [-0.1, -0.05) is 19.1 Å². The van der Waals surface area contributed by atoms with Crippen LogP contribution in [-0.4, -0.2) is 50.7 Å². The van der Waals surface area contributed by atoms with E-state index in [-0.39, 0.29) is 11.9 Å². The minimum atomic E-state index is -0.000887. The van der Waals surface area contributed by atoms with Crippen LogP contribution in [-0.2, 0) is 12.8 Å². The largest absolute Gasteiger partial charge is 0.375 e. The maximum atomic E-state index is 13.1. The minimum absolute atomic E-state index is 0.000887. The predicted octanol–water partition coefficient (Wildman–Crippen LogP) is 4.86. The monoisotopic (exact) mass is 506 g/mol. The van der Waals surface area contributed by atoms with Crippen LogP contribution in [0.5, 0.6) is 0 Å². The molecule has 1 saturated carbocycles. The summed E-state index contributed by atoms with van der Waals surface area (Å²) in [6, 6.07) is 10.4. The summed E-state index contributed by atoms with van der Waals surface area (Å²) in [7, 11) is 0. The standard InChI is InChI=1S/C28H38N6OS/c1-2-16-33(22-12-13-24-26(19-22)36-28(29)32-24)18-14-20-8-10-21(11-9-20)31-27(35)23-6-3-4-7-25(23)34-17-5-15-30-34/h3-7,15,17,20-22H,2,8-14,16,18-19H2,1H3,(H2,29,32)(H,31,35). The van der Waals surface area contributed by atoms with E-state index < -0.39 is 0 Å². The van der Waals surface area contributed by atoms with Gasteiger partial charge in [0.15, 0.2) is 5.13 Å². The number of hydrogen-bond donors (Lipinski definition) is 2. The van der Waals surface area contributed by atoms with Gasteiger partial charge in [-0.25, -0.2) is 9.67 Å². The quantitative estimate of drug-likeness (QED) is 0.433. The molecule has 0 bridgehead atoms. The van der Waals surface area contributed by atoms with Gasteiger partial charge in [-0.3, -0.25) is 4.79 Å². The van der Waals surface area contributed by atoms with Gasteiger partial charge in [0.1, 0.15) is 0 Å². The molecule has 1 atom stereocenters. The van der Waals surface area contributed by atoms with Crippen LogP contribution in [0.25, 0.3) is 5.69 Å². The van der Waals surface area contributed by atoms with Crippen molar-refractivity contribution in [1.29, 1.82) is 0 Å². The number of carbonyl (C=O) groups excluding carboxylic acids is 1. The number of fused-ring (bicyclic) bond motifs is 1. The molecular formula is C28H38N6OS. The number of nitrogens with two attached hydrogens (primary N) is 1. The number of para-hydroxylation sites is 1. The van der Waals surface area contributed by atoms with Gasteiger partial charge in [-0.05, 0) is 95.0 Å². The Morgan fingerprint density at radius 3 is 2.78 bits per heavy atom. The minimum Gasteiger partial charge on any atom is -0.375 e. The van der Waals surface area contributed by atoms with Crippen molar-refractivity contribution in [2.24, 2.45) is 5.92 Å². The van der Waals surface area contributed by atoms with Crippen molar-refractivity contribution in [2.75, 3.05) is 18.8 Å². The van der Waals surface area contributed by atoms with E-state index in [9.17, 15) is 4.79 Å². The second-order valence-electron chi connectivity index (χ2n) is 10.3. The van der Waals surface area contributed by atoms with Gasteiger partial charge in [-0.2, -0.15) is 5.10 Å². The SMILES string of the molecule is CCCN(CCC1CCC(NC(=O)c2ccccc2-n2cccn2)CC1)C1CCc2nc(N)sc2C1. The molecule has 3 N–H and O–H groups in total. The van der Waals surface area contributed by atoms with Crippen LogP contribution < -0.4 is 11.1 Å². The van der Waals surface area contributed by atoms with Crippen molar-refractivity contribution < 1.29 is 4.79 Å². The number of rotatable bonds is 9. The maximum Gasteiger partial charge on any atom is 0.253 e. The average molecular weight is 507 g/mol. The van der Waals surface area contributed by atoms with Gasteiger partial charge >= 0.3 is 0 Å². The molecule has 0 aliphatic heterocycles. The number of anilines is 1. The fourth-order valence-corrected chi connectivity index (χ4v) is 6.89. The molecule has 192 valence electrons. The Balaban J connectivity index is 1.11. The zero-order valence-electron chi connectivity index (χ0n) is 21.2. The Labute approximate surface area is 218 Å². The van der Waals surface area contributed by atoms with Crippen LogP contribution in [0.4, 0.5) is 5.13 Å². The van der Waals surface area contributed by atoms with Gasteiger partial charge in [-0.15, -0.1) is 11.3 Å². The molecule has 2 heterocycles.